The van der Waals surface area contributed by atoms with Gasteiger partial charge in [0.1, 0.15) is 5.75 Å². The summed E-state index contributed by atoms with van der Waals surface area (Å²) in [5.74, 6) is 0.502. The molecule has 1 aliphatic heterocycles. The molecule has 1 saturated heterocycles. The Morgan fingerprint density at radius 2 is 1.62 bits per heavy atom. The second-order valence-corrected chi connectivity index (χ2v) is 8.51. The summed E-state index contributed by atoms with van der Waals surface area (Å²) in [7, 11) is 1.56. The van der Waals surface area contributed by atoms with Crippen molar-refractivity contribution in [1.82, 2.24) is 9.80 Å². The number of aryl methyl sites for hydroxylation is 2. The van der Waals surface area contributed by atoms with E-state index in [0.29, 0.717) is 36.0 Å². The van der Waals surface area contributed by atoms with Crippen LogP contribution < -0.4 is 15.4 Å². The third-order valence-corrected chi connectivity index (χ3v) is 5.90. The molecule has 0 bridgehead atoms. The van der Waals surface area contributed by atoms with E-state index < -0.39 is 0 Å². The second kappa shape index (κ2) is 11.3. The number of rotatable bonds is 8. The highest BCUT2D eigenvalue weighted by atomic mass is 35.5. The average Bonchev–Trinajstić information content (AvgIpc) is 2.76. The van der Waals surface area contributed by atoms with Crippen LogP contribution >= 0.6 is 11.6 Å². The molecule has 2 N–H and O–H groups in total. The topological polar surface area (TPSA) is 73.9 Å². The second-order valence-electron chi connectivity index (χ2n) is 8.08. The van der Waals surface area contributed by atoms with Crippen molar-refractivity contribution in [2.75, 3.05) is 57.0 Å². The molecule has 8 heteroatoms. The highest BCUT2D eigenvalue weighted by Gasteiger charge is 2.20. The SMILES string of the molecule is COc1ccc(Cl)cc1NC(=O)CCN1CCN(CC(=O)Nc2c(C)cccc2C)CC1. The first kappa shape index (κ1) is 24.0. The van der Waals surface area contributed by atoms with Gasteiger partial charge < -0.3 is 20.3 Å². The van der Waals surface area contributed by atoms with Gasteiger partial charge in [0.2, 0.25) is 11.8 Å². The van der Waals surface area contributed by atoms with Gasteiger partial charge in [-0.1, -0.05) is 29.8 Å². The fraction of sp³-hybridized carbons (Fsp3) is 0.417. The van der Waals surface area contributed by atoms with Crippen LogP contribution in [0.2, 0.25) is 5.02 Å². The van der Waals surface area contributed by atoms with Gasteiger partial charge in [0.25, 0.3) is 0 Å². The summed E-state index contributed by atoms with van der Waals surface area (Å²) >= 11 is 6.02. The van der Waals surface area contributed by atoms with Crippen molar-refractivity contribution in [2.45, 2.75) is 20.3 Å². The zero-order chi connectivity index (χ0) is 23.1. The number of halogens is 1. The number of hydrogen-bond donors (Lipinski definition) is 2. The number of piperazine rings is 1. The van der Waals surface area contributed by atoms with E-state index in [1.54, 1.807) is 25.3 Å². The Bertz CT molecular complexity index is 938. The maximum Gasteiger partial charge on any atom is 0.238 e. The number of methoxy groups -OCH3 is 1. The number of para-hydroxylation sites is 1. The average molecular weight is 459 g/mol. The lowest BCUT2D eigenvalue weighted by atomic mass is 10.1. The number of amides is 2. The van der Waals surface area contributed by atoms with Gasteiger partial charge in [-0.15, -0.1) is 0 Å². The van der Waals surface area contributed by atoms with Crippen molar-refractivity contribution < 1.29 is 14.3 Å². The maximum atomic E-state index is 12.5. The number of nitrogens with zero attached hydrogens (tertiary/aromatic N) is 2. The normalized spacial score (nSPS) is 14.8. The lowest BCUT2D eigenvalue weighted by Crippen LogP contribution is -2.49. The first-order valence-electron chi connectivity index (χ1n) is 10.8. The first-order chi connectivity index (χ1) is 15.4. The fourth-order valence-corrected chi connectivity index (χ4v) is 3.99. The smallest absolute Gasteiger partial charge is 0.238 e. The summed E-state index contributed by atoms with van der Waals surface area (Å²) in [6.07, 6.45) is 0.378. The predicted octanol–water partition coefficient (Wildman–Crippen LogP) is 3.55. The summed E-state index contributed by atoms with van der Waals surface area (Å²) in [5.41, 5.74) is 3.61. The number of benzene rings is 2. The van der Waals surface area contributed by atoms with Crippen LogP contribution in [0.15, 0.2) is 36.4 Å². The number of anilines is 2. The number of carbonyl (C=O) groups excluding carboxylic acids is 2. The molecule has 0 unspecified atom stereocenters. The van der Waals surface area contributed by atoms with Crippen molar-refractivity contribution in [3.8, 4) is 5.75 Å². The third kappa shape index (κ3) is 6.69. The summed E-state index contributed by atoms with van der Waals surface area (Å²) < 4.78 is 5.27. The molecule has 0 radical (unpaired) electrons. The van der Waals surface area contributed by atoms with Gasteiger partial charge in [-0.25, -0.2) is 0 Å². The van der Waals surface area contributed by atoms with E-state index in [2.05, 4.69) is 20.4 Å². The molecule has 0 spiro atoms. The molecule has 172 valence electrons. The Hall–Kier alpha value is -2.61. The standard InChI is InChI=1S/C24H31ClN4O3/c1-17-5-4-6-18(2)24(17)27-23(31)16-29-13-11-28(12-14-29)10-9-22(30)26-20-15-19(25)7-8-21(20)32-3/h4-8,15H,9-14,16H2,1-3H3,(H,26,30)(H,27,31). The van der Waals surface area contributed by atoms with Gasteiger partial charge in [0, 0.05) is 49.9 Å². The zero-order valence-corrected chi connectivity index (χ0v) is 19.7. The first-order valence-corrected chi connectivity index (χ1v) is 11.2. The fourth-order valence-electron chi connectivity index (χ4n) is 3.81. The number of carbonyl (C=O) groups is 2. The molecule has 1 fully saturated rings. The summed E-state index contributed by atoms with van der Waals surface area (Å²) in [6, 6.07) is 11.1. The van der Waals surface area contributed by atoms with Crippen LogP contribution in [0.4, 0.5) is 11.4 Å². The largest absolute Gasteiger partial charge is 0.495 e. The minimum absolute atomic E-state index is 0.00527. The molecule has 1 aliphatic rings. The van der Waals surface area contributed by atoms with Crippen molar-refractivity contribution >= 4 is 34.8 Å². The number of nitrogens with one attached hydrogen (secondary N) is 2. The molecular formula is C24H31ClN4O3. The van der Waals surface area contributed by atoms with Gasteiger partial charge in [0.05, 0.1) is 19.3 Å². The molecule has 2 amide bonds. The molecule has 0 saturated carbocycles. The Morgan fingerprint density at radius 3 is 2.28 bits per heavy atom. The monoisotopic (exact) mass is 458 g/mol. The predicted molar refractivity (Wildman–Crippen MR) is 129 cm³/mol. The Morgan fingerprint density at radius 1 is 0.969 bits per heavy atom. The van der Waals surface area contributed by atoms with Gasteiger partial charge in [0.15, 0.2) is 0 Å². The van der Waals surface area contributed by atoms with Crippen LogP contribution in [0.25, 0.3) is 0 Å². The Labute approximate surface area is 194 Å². The van der Waals surface area contributed by atoms with E-state index in [4.69, 9.17) is 16.3 Å². The van der Waals surface area contributed by atoms with Crippen molar-refractivity contribution in [1.29, 1.82) is 0 Å². The van der Waals surface area contributed by atoms with E-state index in [1.165, 1.54) is 0 Å². The van der Waals surface area contributed by atoms with Gasteiger partial charge in [-0.3, -0.25) is 14.5 Å². The van der Waals surface area contributed by atoms with E-state index in [0.717, 1.165) is 43.0 Å². The highest BCUT2D eigenvalue weighted by Crippen LogP contribution is 2.27. The molecule has 0 atom stereocenters. The van der Waals surface area contributed by atoms with Crippen molar-refractivity contribution in [3.63, 3.8) is 0 Å². The maximum absolute atomic E-state index is 12.5. The van der Waals surface area contributed by atoms with Crippen LogP contribution in [0.5, 0.6) is 5.75 Å². The number of ether oxygens (including phenoxy) is 1. The number of hydrogen-bond acceptors (Lipinski definition) is 5. The van der Waals surface area contributed by atoms with E-state index in [9.17, 15) is 9.59 Å². The lowest BCUT2D eigenvalue weighted by molar-refractivity contribution is -0.117. The van der Waals surface area contributed by atoms with Crippen LogP contribution in [0.1, 0.15) is 17.5 Å². The molecule has 0 aromatic heterocycles. The van der Waals surface area contributed by atoms with E-state index in [1.807, 2.05) is 32.0 Å². The van der Waals surface area contributed by atoms with Crippen LogP contribution in [0, 0.1) is 13.8 Å². The minimum Gasteiger partial charge on any atom is -0.495 e. The van der Waals surface area contributed by atoms with Crippen LogP contribution in [-0.2, 0) is 9.59 Å². The lowest BCUT2D eigenvalue weighted by Gasteiger charge is -2.34. The Balaban J connectivity index is 1.40. The van der Waals surface area contributed by atoms with Gasteiger partial charge in [-0.2, -0.15) is 0 Å². The van der Waals surface area contributed by atoms with E-state index in [-0.39, 0.29) is 11.8 Å². The minimum atomic E-state index is -0.0824. The molecule has 3 rings (SSSR count). The van der Waals surface area contributed by atoms with Crippen LogP contribution in [-0.4, -0.2) is 68.0 Å². The molecule has 1 heterocycles. The quantitative estimate of drug-likeness (QED) is 0.632. The molecule has 7 nitrogen and oxygen atoms in total. The zero-order valence-electron chi connectivity index (χ0n) is 18.9. The van der Waals surface area contributed by atoms with Crippen molar-refractivity contribution in [2.24, 2.45) is 0 Å². The third-order valence-electron chi connectivity index (χ3n) is 5.67. The molecule has 0 aliphatic carbocycles. The molecule has 2 aromatic carbocycles. The van der Waals surface area contributed by atoms with E-state index >= 15 is 0 Å². The molecular weight excluding hydrogens is 428 g/mol. The van der Waals surface area contributed by atoms with Crippen LogP contribution in [0.3, 0.4) is 0 Å². The highest BCUT2D eigenvalue weighted by molar-refractivity contribution is 6.31. The summed E-state index contributed by atoms with van der Waals surface area (Å²) in [5, 5.41) is 6.46. The summed E-state index contributed by atoms with van der Waals surface area (Å²) in [4.78, 5) is 29.3. The van der Waals surface area contributed by atoms with Gasteiger partial charge >= 0.3 is 0 Å². The molecule has 32 heavy (non-hydrogen) atoms. The van der Waals surface area contributed by atoms with Gasteiger partial charge in [-0.05, 0) is 43.2 Å². The van der Waals surface area contributed by atoms with Crippen molar-refractivity contribution in [3.05, 3.63) is 52.5 Å². The Kier molecular flexibility index (Phi) is 8.50. The molecule has 2 aromatic rings. The summed E-state index contributed by atoms with van der Waals surface area (Å²) in [6.45, 7) is 8.27.